The molecule has 0 radical (unpaired) electrons. The van der Waals surface area contributed by atoms with E-state index in [1.165, 1.54) is 4.90 Å². The summed E-state index contributed by atoms with van der Waals surface area (Å²) in [5.41, 5.74) is -1.10. The van der Waals surface area contributed by atoms with Crippen molar-refractivity contribution in [3.8, 4) is 0 Å². The average Bonchev–Trinajstić information content (AvgIpc) is 2.55. The molecule has 24 heavy (non-hydrogen) atoms. The first-order valence-corrected chi connectivity index (χ1v) is 8.35. The lowest BCUT2D eigenvalue weighted by molar-refractivity contribution is -0.149. The molecule has 2 amide bonds. The van der Waals surface area contributed by atoms with Crippen molar-refractivity contribution in [1.82, 2.24) is 10.2 Å². The molecule has 0 saturated carbocycles. The molecule has 1 heterocycles. The zero-order valence-electron chi connectivity index (χ0n) is 13.5. The Bertz CT molecular complexity index is 632. The molecule has 2 N–H and O–H groups in total. The van der Waals surface area contributed by atoms with Crippen molar-refractivity contribution in [2.45, 2.75) is 38.1 Å². The molecule has 0 aromatic heterocycles. The lowest BCUT2D eigenvalue weighted by Gasteiger charge is -2.32. The highest BCUT2D eigenvalue weighted by molar-refractivity contribution is 6.30. The fourth-order valence-corrected chi connectivity index (χ4v) is 3.03. The van der Waals surface area contributed by atoms with E-state index in [4.69, 9.17) is 11.6 Å². The second kappa shape index (κ2) is 7.66. The minimum atomic E-state index is -1.54. The third-order valence-corrected chi connectivity index (χ3v) is 4.59. The number of hydrogen-bond acceptors (Lipinski definition) is 3. The van der Waals surface area contributed by atoms with Crippen molar-refractivity contribution in [3.05, 3.63) is 34.9 Å². The van der Waals surface area contributed by atoms with Crippen molar-refractivity contribution in [2.75, 3.05) is 13.1 Å². The highest BCUT2D eigenvalue weighted by Gasteiger charge is 2.40. The summed E-state index contributed by atoms with van der Waals surface area (Å²) in [6.45, 7) is 2.09. The van der Waals surface area contributed by atoms with Crippen molar-refractivity contribution >= 4 is 29.4 Å². The van der Waals surface area contributed by atoms with E-state index in [2.05, 4.69) is 5.32 Å². The predicted molar refractivity (Wildman–Crippen MR) is 89.6 cm³/mol. The van der Waals surface area contributed by atoms with Crippen LogP contribution in [0.25, 0.3) is 0 Å². The first kappa shape index (κ1) is 18.3. The molecule has 7 heteroatoms. The summed E-state index contributed by atoms with van der Waals surface area (Å²) in [5.74, 6) is -1.70. The first-order valence-electron chi connectivity index (χ1n) is 7.97. The van der Waals surface area contributed by atoms with Gasteiger partial charge in [0.2, 0.25) is 11.8 Å². The van der Waals surface area contributed by atoms with Crippen LogP contribution in [0.2, 0.25) is 5.02 Å². The number of benzene rings is 1. The Labute approximate surface area is 145 Å². The van der Waals surface area contributed by atoms with Gasteiger partial charge in [0.1, 0.15) is 0 Å². The summed E-state index contributed by atoms with van der Waals surface area (Å²) in [4.78, 5) is 37.6. The molecule has 1 atom stereocenters. The van der Waals surface area contributed by atoms with Gasteiger partial charge in [-0.25, -0.2) is 4.79 Å². The molecule has 1 aromatic rings. The van der Waals surface area contributed by atoms with Crippen molar-refractivity contribution in [1.29, 1.82) is 0 Å². The fourth-order valence-electron chi connectivity index (χ4n) is 2.91. The van der Waals surface area contributed by atoms with Gasteiger partial charge in [0, 0.05) is 18.0 Å². The quantitative estimate of drug-likeness (QED) is 0.821. The standard InChI is InChI=1S/C17H21ClN2O4/c1-2-17(16(23)24,12-6-8-13(18)9-7-12)19-14(21)11-20-10-4-3-5-15(20)22/h6-9H,2-5,10-11H2,1H3,(H,19,21)(H,23,24). The third-order valence-electron chi connectivity index (χ3n) is 4.34. The molecule has 6 nitrogen and oxygen atoms in total. The lowest BCUT2D eigenvalue weighted by Crippen LogP contribution is -2.54. The van der Waals surface area contributed by atoms with E-state index in [-0.39, 0.29) is 18.9 Å². The molecular formula is C17H21ClN2O4. The summed E-state index contributed by atoms with van der Waals surface area (Å²) in [6, 6.07) is 6.35. The summed E-state index contributed by atoms with van der Waals surface area (Å²) in [6.07, 6.45) is 2.29. The maximum Gasteiger partial charge on any atom is 0.334 e. The molecule has 1 aliphatic rings. The molecule has 0 aliphatic carbocycles. The van der Waals surface area contributed by atoms with Crippen LogP contribution in [0.3, 0.4) is 0 Å². The number of carbonyl (C=O) groups excluding carboxylic acids is 2. The monoisotopic (exact) mass is 352 g/mol. The number of carboxylic acids is 1. The number of carbonyl (C=O) groups is 3. The summed E-state index contributed by atoms with van der Waals surface area (Å²) in [7, 11) is 0. The average molecular weight is 353 g/mol. The van der Waals surface area contributed by atoms with Gasteiger partial charge >= 0.3 is 5.97 Å². The highest BCUT2D eigenvalue weighted by atomic mass is 35.5. The lowest BCUT2D eigenvalue weighted by atomic mass is 9.87. The smallest absolute Gasteiger partial charge is 0.334 e. The molecule has 1 aliphatic heterocycles. The number of carboxylic acid groups (broad SMARTS) is 1. The van der Waals surface area contributed by atoms with Crippen molar-refractivity contribution in [2.24, 2.45) is 0 Å². The van der Waals surface area contributed by atoms with Crippen LogP contribution in [-0.2, 0) is 19.9 Å². The van der Waals surface area contributed by atoms with Gasteiger partial charge in [-0.3, -0.25) is 9.59 Å². The van der Waals surface area contributed by atoms with Crippen LogP contribution in [0.5, 0.6) is 0 Å². The van der Waals surface area contributed by atoms with E-state index >= 15 is 0 Å². The maximum absolute atomic E-state index is 12.4. The van der Waals surface area contributed by atoms with Crippen molar-refractivity contribution < 1.29 is 19.5 Å². The van der Waals surface area contributed by atoms with E-state index in [1.807, 2.05) is 0 Å². The first-order chi connectivity index (χ1) is 11.4. The van der Waals surface area contributed by atoms with Gasteiger partial charge in [-0.2, -0.15) is 0 Å². The summed E-state index contributed by atoms with van der Waals surface area (Å²) < 4.78 is 0. The van der Waals surface area contributed by atoms with E-state index in [0.717, 1.165) is 12.8 Å². The number of piperidine rings is 1. The van der Waals surface area contributed by atoms with Crippen LogP contribution in [-0.4, -0.2) is 40.9 Å². The molecule has 0 spiro atoms. The Morgan fingerprint density at radius 3 is 2.50 bits per heavy atom. The number of hydrogen-bond donors (Lipinski definition) is 2. The number of halogens is 1. The Balaban J connectivity index is 2.19. The number of aliphatic carboxylic acids is 1. The van der Waals surface area contributed by atoms with Gasteiger partial charge in [0.05, 0.1) is 6.54 Å². The fraction of sp³-hybridized carbons (Fsp3) is 0.471. The molecule has 2 rings (SSSR count). The Morgan fingerprint density at radius 2 is 1.96 bits per heavy atom. The zero-order valence-corrected chi connectivity index (χ0v) is 14.3. The summed E-state index contributed by atoms with van der Waals surface area (Å²) in [5, 5.41) is 12.8. The van der Waals surface area contributed by atoms with Crippen molar-refractivity contribution in [3.63, 3.8) is 0 Å². The van der Waals surface area contributed by atoms with Crippen LogP contribution in [0.1, 0.15) is 38.2 Å². The number of rotatable bonds is 6. The third kappa shape index (κ3) is 3.87. The number of likely N-dealkylation sites (tertiary alicyclic amines) is 1. The second-order valence-electron chi connectivity index (χ2n) is 5.89. The molecule has 1 saturated heterocycles. The molecule has 130 valence electrons. The SMILES string of the molecule is CCC(NC(=O)CN1CCCCC1=O)(C(=O)O)c1ccc(Cl)cc1. The van der Waals surface area contributed by atoms with Gasteiger partial charge in [-0.1, -0.05) is 30.7 Å². The van der Waals surface area contributed by atoms with Gasteiger partial charge in [0.15, 0.2) is 5.54 Å². The largest absolute Gasteiger partial charge is 0.479 e. The number of amides is 2. The van der Waals surface area contributed by atoms with Crippen LogP contribution in [0.15, 0.2) is 24.3 Å². The van der Waals surface area contributed by atoms with E-state index < -0.39 is 17.4 Å². The second-order valence-corrected chi connectivity index (χ2v) is 6.33. The van der Waals surface area contributed by atoms with E-state index in [1.54, 1.807) is 31.2 Å². The van der Waals surface area contributed by atoms with Gasteiger partial charge in [-0.05, 0) is 37.0 Å². The van der Waals surface area contributed by atoms with Gasteiger partial charge < -0.3 is 15.3 Å². The van der Waals surface area contributed by atoms with E-state index in [0.29, 0.717) is 23.6 Å². The van der Waals surface area contributed by atoms with E-state index in [9.17, 15) is 19.5 Å². The Hall–Kier alpha value is -2.08. The topological polar surface area (TPSA) is 86.7 Å². The predicted octanol–water partition coefficient (Wildman–Crippen LogP) is 2.16. The summed E-state index contributed by atoms with van der Waals surface area (Å²) >= 11 is 5.86. The molecule has 1 aromatic carbocycles. The van der Waals surface area contributed by atoms with Crippen LogP contribution >= 0.6 is 11.6 Å². The van der Waals surface area contributed by atoms with Crippen LogP contribution < -0.4 is 5.32 Å². The molecule has 0 bridgehead atoms. The Morgan fingerprint density at radius 1 is 1.29 bits per heavy atom. The molecule has 1 unspecified atom stereocenters. The number of nitrogens with zero attached hydrogens (tertiary/aromatic N) is 1. The minimum Gasteiger partial charge on any atom is -0.479 e. The van der Waals surface area contributed by atoms with Crippen LogP contribution in [0.4, 0.5) is 0 Å². The molecule has 1 fully saturated rings. The molecular weight excluding hydrogens is 332 g/mol. The normalized spacial score (nSPS) is 17.2. The van der Waals surface area contributed by atoms with Gasteiger partial charge in [0.25, 0.3) is 0 Å². The minimum absolute atomic E-state index is 0.0692. The zero-order chi connectivity index (χ0) is 17.7. The van der Waals surface area contributed by atoms with Crippen LogP contribution in [0, 0.1) is 0 Å². The van der Waals surface area contributed by atoms with Gasteiger partial charge in [-0.15, -0.1) is 0 Å². The highest BCUT2D eigenvalue weighted by Crippen LogP contribution is 2.27. The maximum atomic E-state index is 12.4. The number of nitrogens with one attached hydrogen (secondary N) is 1. The Kier molecular flexibility index (Phi) is 5.83.